The van der Waals surface area contributed by atoms with Crippen molar-refractivity contribution in [3.05, 3.63) is 71.7 Å². The van der Waals surface area contributed by atoms with E-state index in [1.807, 2.05) is 49.5 Å². The Bertz CT molecular complexity index is 994. The van der Waals surface area contributed by atoms with Crippen molar-refractivity contribution in [2.45, 2.75) is 26.4 Å². The van der Waals surface area contributed by atoms with E-state index in [4.69, 9.17) is 4.84 Å². The van der Waals surface area contributed by atoms with Gasteiger partial charge in [0.05, 0.1) is 18.0 Å². The lowest BCUT2D eigenvalue weighted by molar-refractivity contribution is 0.0660. The minimum Gasteiger partial charge on any atom is -0.391 e. The van der Waals surface area contributed by atoms with Crippen molar-refractivity contribution in [3.63, 3.8) is 0 Å². The van der Waals surface area contributed by atoms with Gasteiger partial charge >= 0.3 is 0 Å². The molecule has 6 heteroatoms. The second-order valence-electron chi connectivity index (χ2n) is 6.86. The Kier molecular flexibility index (Phi) is 4.62. The minimum absolute atomic E-state index is 0.00293. The summed E-state index contributed by atoms with van der Waals surface area (Å²) >= 11 is 0. The van der Waals surface area contributed by atoms with E-state index in [1.54, 1.807) is 4.40 Å². The van der Waals surface area contributed by atoms with Gasteiger partial charge in [0, 0.05) is 18.5 Å². The summed E-state index contributed by atoms with van der Waals surface area (Å²) in [6, 6.07) is 15.9. The first kappa shape index (κ1) is 17.3. The van der Waals surface area contributed by atoms with E-state index in [2.05, 4.69) is 34.5 Å². The Hall–Kier alpha value is -3.15. The van der Waals surface area contributed by atoms with Gasteiger partial charge in [-0.3, -0.25) is 9.20 Å². The summed E-state index contributed by atoms with van der Waals surface area (Å²) in [5, 5.41) is 7.18. The van der Waals surface area contributed by atoms with Crippen molar-refractivity contribution in [2.75, 3.05) is 6.54 Å². The number of carbonyl (C=O) groups excluding carboxylic acids is 1. The third-order valence-corrected chi connectivity index (χ3v) is 5.02. The monoisotopic (exact) mass is 362 g/mol. The first-order valence-electron chi connectivity index (χ1n) is 9.12. The highest BCUT2D eigenvalue weighted by Crippen LogP contribution is 2.22. The SMILES string of the molecule is Cc1nc2ccccn2c1C(=O)NCC1=NOC(Cc2ccccc2)C1C. The molecule has 0 radical (unpaired) electrons. The zero-order chi connectivity index (χ0) is 18.8. The number of benzene rings is 1. The van der Waals surface area contributed by atoms with Crippen LogP contribution < -0.4 is 5.32 Å². The maximum atomic E-state index is 12.7. The van der Waals surface area contributed by atoms with Crippen LogP contribution in [0.15, 0.2) is 59.9 Å². The number of carbonyl (C=O) groups is 1. The zero-order valence-corrected chi connectivity index (χ0v) is 15.4. The summed E-state index contributed by atoms with van der Waals surface area (Å²) in [5.41, 5.74) is 4.10. The topological polar surface area (TPSA) is 68.0 Å². The van der Waals surface area contributed by atoms with Crippen LogP contribution in [0.2, 0.25) is 0 Å². The highest BCUT2D eigenvalue weighted by molar-refractivity contribution is 5.98. The average molecular weight is 362 g/mol. The molecule has 0 spiro atoms. The first-order valence-corrected chi connectivity index (χ1v) is 9.12. The Labute approximate surface area is 157 Å². The smallest absolute Gasteiger partial charge is 0.270 e. The van der Waals surface area contributed by atoms with Crippen LogP contribution >= 0.6 is 0 Å². The summed E-state index contributed by atoms with van der Waals surface area (Å²) in [4.78, 5) is 22.8. The summed E-state index contributed by atoms with van der Waals surface area (Å²) < 4.78 is 1.80. The van der Waals surface area contributed by atoms with E-state index < -0.39 is 0 Å². The Morgan fingerprint density at radius 3 is 2.78 bits per heavy atom. The first-order chi connectivity index (χ1) is 13.1. The lowest BCUT2D eigenvalue weighted by Crippen LogP contribution is -2.34. The number of nitrogens with zero attached hydrogens (tertiary/aromatic N) is 3. The number of oxime groups is 1. The van der Waals surface area contributed by atoms with Gasteiger partial charge in [0.1, 0.15) is 17.4 Å². The van der Waals surface area contributed by atoms with E-state index in [0.717, 1.165) is 17.8 Å². The second kappa shape index (κ2) is 7.23. The molecule has 2 atom stereocenters. The molecule has 4 rings (SSSR count). The molecule has 2 unspecified atom stereocenters. The van der Waals surface area contributed by atoms with E-state index in [0.29, 0.717) is 17.9 Å². The molecule has 27 heavy (non-hydrogen) atoms. The van der Waals surface area contributed by atoms with E-state index in [-0.39, 0.29) is 17.9 Å². The number of aryl methyl sites for hydroxylation is 1. The van der Waals surface area contributed by atoms with Gasteiger partial charge in [0.25, 0.3) is 5.91 Å². The van der Waals surface area contributed by atoms with Gasteiger partial charge < -0.3 is 10.2 Å². The molecule has 3 aromatic rings. The summed E-state index contributed by atoms with van der Waals surface area (Å²) in [6.07, 6.45) is 2.64. The molecule has 0 saturated heterocycles. The fourth-order valence-corrected chi connectivity index (χ4v) is 3.42. The van der Waals surface area contributed by atoms with Crippen molar-refractivity contribution >= 4 is 17.3 Å². The highest BCUT2D eigenvalue weighted by atomic mass is 16.6. The Balaban J connectivity index is 1.40. The predicted molar refractivity (Wildman–Crippen MR) is 104 cm³/mol. The van der Waals surface area contributed by atoms with E-state index >= 15 is 0 Å². The predicted octanol–water partition coefficient (Wildman–Crippen LogP) is 3.01. The molecule has 138 valence electrons. The van der Waals surface area contributed by atoms with Gasteiger partial charge in [0.15, 0.2) is 0 Å². The number of hydrogen-bond acceptors (Lipinski definition) is 4. The molecule has 1 aliphatic heterocycles. The number of nitrogens with one attached hydrogen (secondary N) is 1. The summed E-state index contributed by atoms with van der Waals surface area (Å²) in [5.74, 6) is -0.0126. The molecule has 0 aliphatic carbocycles. The van der Waals surface area contributed by atoms with Gasteiger partial charge in [-0.25, -0.2) is 4.98 Å². The maximum Gasteiger partial charge on any atom is 0.270 e. The molecular formula is C21H22N4O2. The van der Waals surface area contributed by atoms with Crippen LogP contribution in [0.5, 0.6) is 0 Å². The van der Waals surface area contributed by atoms with Crippen LogP contribution in [0, 0.1) is 12.8 Å². The van der Waals surface area contributed by atoms with E-state index in [9.17, 15) is 4.79 Å². The Morgan fingerprint density at radius 1 is 1.19 bits per heavy atom. The molecule has 1 aliphatic rings. The fourth-order valence-electron chi connectivity index (χ4n) is 3.42. The van der Waals surface area contributed by atoms with Crippen molar-refractivity contribution in [1.82, 2.24) is 14.7 Å². The molecule has 2 aromatic heterocycles. The summed E-state index contributed by atoms with van der Waals surface area (Å²) in [6.45, 7) is 4.30. The highest BCUT2D eigenvalue weighted by Gasteiger charge is 2.30. The number of imidazole rings is 1. The molecule has 1 N–H and O–H groups in total. The quantitative estimate of drug-likeness (QED) is 0.759. The van der Waals surface area contributed by atoms with Gasteiger partial charge in [-0.1, -0.05) is 48.5 Å². The van der Waals surface area contributed by atoms with Gasteiger partial charge in [-0.2, -0.15) is 0 Å². The largest absolute Gasteiger partial charge is 0.391 e. The van der Waals surface area contributed by atoms with Gasteiger partial charge in [0.2, 0.25) is 0 Å². The van der Waals surface area contributed by atoms with Gasteiger partial charge in [-0.15, -0.1) is 0 Å². The molecule has 1 amide bonds. The zero-order valence-electron chi connectivity index (χ0n) is 15.4. The molecule has 3 heterocycles. The number of pyridine rings is 1. The summed E-state index contributed by atoms with van der Waals surface area (Å²) in [7, 11) is 0. The van der Waals surface area contributed by atoms with Crippen LogP contribution in [-0.2, 0) is 11.3 Å². The van der Waals surface area contributed by atoms with Crippen molar-refractivity contribution < 1.29 is 9.63 Å². The molecule has 0 bridgehead atoms. The molecule has 6 nitrogen and oxygen atoms in total. The maximum absolute atomic E-state index is 12.7. The van der Waals surface area contributed by atoms with Crippen molar-refractivity contribution in [3.8, 4) is 0 Å². The molecular weight excluding hydrogens is 340 g/mol. The number of aromatic nitrogens is 2. The normalized spacial score (nSPS) is 19.0. The minimum atomic E-state index is -0.160. The number of amides is 1. The lowest BCUT2D eigenvalue weighted by Gasteiger charge is -2.15. The van der Waals surface area contributed by atoms with E-state index in [1.165, 1.54) is 5.56 Å². The number of fused-ring (bicyclic) bond motifs is 1. The van der Waals surface area contributed by atoms with Crippen LogP contribution in [0.1, 0.15) is 28.7 Å². The standard InChI is InChI=1S/C21H22N4O2/c1-14-17(24-27-18(14)12-16-8-4-3-5-9-16)13-22-21(26)20-15(2)23-19-10-6-7-11-25(19)20/h3-11,14,18H,12-13H2,1-2H3,(H,22,26). The molecule has 0 saturated carbocycles. The number of hydrogen-bond donors (Lipinski definition) is 1. The van der Waals surface area contributed by atoms with Gasteiger partial charge in [-0.05, 0) is 24.6 Å². The molecule has 1 aromatic carbocycles. The lowest BCUT2D eigenvalue weighted by atomic mass is 9.94. The number of rotatable bonds is 5. The average Bonchev–Trinajstić information content (AvgIpc) is 3.20. The molecule has 0 fully saturated rings. The third kappa shape index (κ3) is 3.43. The van der Waals surface area contributed by atoms with Crippen molar-refractivity contribution in [2.24, 2.45) is 11.1 Å². The van der Waals surface area contributed by atoms with Crippen LogP contribution in [0.4, 0.5) is 0 Å². The fraction of sp³-hybridized carbons (Fsp3) is 0.286. The van der Waals surface area contributed by atoms with Crippen LogP contribution in [0.3, 0.4) is 0 Å². The Morgan fingerprint density at radius 2 is 1.96 bits per heavy atom. The third-order valence-electron chi connectivity index (χ3n) is 5.02. The van der Waals surface area contributed by atoms with Crippen molar-refractivity contribution in [1.29, 1.82) is 0 Å². The van der Waals surface area contributed by atoms with Crippen LogP contribution in [-0.4, -0.2) is 33.7 Å². The van der Waals surface area contributed by atoms with Crippen LogP contribution in [0.25, 0.3) is 5.65 Å². The second-order valence-corrected chi connectivity index (χ2v) is 6.86.